The zero-order valence-electron chi connectivity index (χ0n) is 8.91. The van der Waals surface area contributed by atoms with Gasteiger partial charge in [-0.25, -0.2) is 0 Å². The van der Waals surface area contributed by atoms with E-state index in [1.54, 1.807) is 12.1 Å². The van der Waals surface area contributed by atoms with E-state index < -0.39 is 0 Å². The standard InChI is InChI=1S/C14H11ClO/c1-10-2-7-14(15)13(8-10)12-5-3-11(9-16)4-6-12/h2-9H,1H3. The second-order valence-electron chi connectivity index (χ2n) is 3.72. The summed E-state index contributed by atoms with van der Waals surface area (Å²) in [6, 6.07) is 13.3. The summed E-state index contributed by atoms with van der Waals surface area (Å²) in [5, 5.41) is 0.726. The number of benzene rings is 2. The summed E-state index contributed by atoms with van der Waals surface area (Å²) in [6.45, 7) is 2.03. The van der Waals surface area contributed by atoms with Crippen molar-refractivity contribution in [2.75, 3.05) is 0 Å². The van der Waals surface area contributed by atoms with Gasteiger partial charge in [-0.3, -0.25) is 4.79 Å². The van der Waals surface area contributed by atoms with E-state index in [0.29, 0.717) is 5.56 Å². The Labute approximate surface area is 99.7 Å². The number of aryl methyl sites for hydroxylation is 1. The SMILES string of the molecule is Cc1ccc(Cl)c(-c2ccc(C=O)cc2)c1. The smallest absolute Gasteiger partial charge is 0.150 e. The van der Waals surface area contributed by atoms with E-state index >= 15 is 0 Å². The van der Waals surface area contributed by atoms with Crippen LogP contribution in [-0.2, 0) is 0 Å². The third kappa shape index (κ3) is 2.15. The topological polar surface area (TPSA) is 17.1 Å². The largest absolute Gasteiger partial charge is 0.298 e. The van der Waals surface area contributed by atoms with Crippen LogP contribution < -0.4 is 0 Å². The highest BCUT2D eigenvalue weighted by Crippen LogP contribution is 2.28. The van der Waals surface area contributed by atoms with Crippen LogP contribution in [-0.4, -0.2) is 6.29 Å². The molecule has 0 saturated carbocycles. The van der Waals surface area contributed by atoms with Crippen molar-refractivity contribution >= 4 is 17.9 Å². The first-order valence-corrected chi connectivity index (χ1v) is 5.40. The third-order valence-electron chi connectivity index (χ3n) is 2.48. The normalized spacial score (nSPS) is 10.1. The predicted molar refractivity (Wildman–Crippen MR) is 67.0 cm³/mol. The van der Waals surface area contributed by atoms with Crippen LogP contribution in [0.15, 0.2) is 42.5 Å². The van der Waals surface area contributed by atoms with Gasteiger partial charge in [0, 0.05) is 16.1 Å². The predicted octanol–water partition coefficient (Wildman–Crippen LogP) is 4.13. The molecule has 0 fully saturated rings. The molecule has 1 nitrogen and oxygen atoms in total. The van der Waals surface area contributed by atoms with E-state index in [4.69, 9.17) is 11.6 Å². The maximum Gasteiger partial charge on any atom is 0.150 e. The van der Waals surface area contributed by atoms with Gasteiger partial charge in [-0.2, -0.15) is 0 Å². The summed E-state index contributed by atoms with van der Waals surface area (Å²) in [6.07, 6.45) is 0.835. The van der Waals surface area contributed by atoms with Crippen LogP contribution in [0.5, 0.6) is 0 Å². The monoisotopic (exact) mass is 230 g/mol. The lowest BCUT2D eigenvalue weighted by Crippen LogP contribution is -1.83. The molecule has 0 aliphatic heterocycles. The molecule has 0 bridgehead atoms. The van der Waals surface area contributed by atoms with Crippen LogP contribution in [0.1, 0.15) is 15.9 Å². The van der Waals surface area contributed by atoms with Gasteiger partial charge in [0.25, 0.3) is 0 Å². The summed E-state index contributed by atoms with van der Waals surface area (Å²) in [5.74, 6) is 0. The Morgan fingerprint density at radius 3 is 2.38 bits per heavy atom. The Hall–Kier alpha value is -1.60. The number of hydrogen-bond donors (Lipinski definition) is 0. The van der Waals surface area contributed by atoms with Crippen LogP contribution in [0.2, 0.25) is 5.02 Å². The Morgan fingerprint density at radius 2 is 1.75 bits per heavy atom. The first kappa shape index (κ1) is 10.9. The van der Waals surface area contributed by atoms with Crippen LogP contribution in [0, 0.1) is 6.92 Å². The Kier molecular flexibility index (Phi) is 3.07. The van der Waals surface area contributed by atoms with Gasteiger partial charge in [0.2, 0.25) is 0 Å². The minimum Gasteiger partial charge on any atom is -0.298 e. The molecule has 2 aromatic rings. The first-order valence-electron chi connectivity index (χ1n) is 5.02. The first-order chi connectivity index (χ1) is 7.70. The van der Waals surface area contributed by atoms with E-state index in [9.17, 15) is 4.79 Å². The molecule has 0 radical (unpaired) electrons. The molecule has 0 atom stereocenters. The third-order valence-corrected chi connectivity index (χ3v) is 2.81. The van der Waals surface area contributed by atoms with Crippen molar-refractivity contribution in [3.63, 3.8) is 0 Å². The van der Waals surface area contributed by atoms with E-state index in [-0.39, 0.29) is 0 Å². The zero-order valence-corrected chi connectivity index (χ0v) is 9.66. The van der Waals surface area contributed by atoms with Crippen molar-refractivity contribution in [2.24, 2.45) is 0 Å². The summed E-state index contributed by atoms with van der Waals surface area (Å²) >= 11 is 6.13. The van der Waals surface area contributed by atoms with Crippen molar-refractivity contribution in [3.8, 4) is 11.1 Å². The minimum atomic E-state index is 0.674. The summed E-state index contributed by atoms with van der Waals surface area (Å²) in [4.78, 5) is 10.5. The highest BCUT2D eigenvalue weighted by molar-refractivity contribution is 6.33. The Balaban J connectivity index is 2.49. The summed E-state index contributed by atoms with van der Waals surface area (Å²) < 4.78 is 0. The molecular weight excluding hydrogens is 220 g/mol. The van der Waals surface area contributed by atoms with E-state index in [2.05, 4.69) is 0 Å². The minimum absolute atomic E-state index is 0.674. The molecule has 16 heavy (non-hydrogen) atoms. The van der Waals surface area contributed by atoms with Crippen molar-refractivity contribution in [2.45, 2.75) is 6.92 Å². The number of hydrogen-bond acceptors (Lipinski definition) is 1. The van der Waals surface area contributed by atoms with Crippen molar-refractivity contribution in [1.82, 2.24) is 0 Å². The Morgan fingerprint density at radius 1 is 1.06 bits per heavy atom. The van der Waals surface area contributed by atoms with Gasteiger partial charge in [0.05, 0.1) is 0 Å². The molecule has 0 unspecified atom stereocenters. The highest BCUT2D eigenvalue weighted by atomic mass is 35.5. The molecule has 0 aromatic heterocycles. The number of halogens is 1. The average molecular weight is 231 g/mol. The number of carbonyl (C=O) groups is 1. The number of rotatable bonds is 2. The fraction of sp³-hybridized carbons (Fsp3) is 0.0714. The van der Waals surface area contributed by atoms with Gasteiger partial charge in [-0.1, -0.05) is 47.5 Å². The molecule has 2 aromatic carbocycles. The second-order valence-corrected chi connectivity index (χ2v) is 4.13. The quantitative estimate of drug-likeness (QED) is 0.709. The number of carbonyl (C=O) groups excluding carboxylic acids is 1. The van der Waals surface area contributed by atoms with Crippen LogP contribution in [0.25, 0.3) is 11.1 Å². The van der Waals surface area contributed by atoms with Crippen LogP contribution >= 0.6 is 11.6 Å². The van der Waals surface area contributed by atoms with Gasteiger partial charge in [-0.15, -0.1) is 0 Å². The highest BCUT2D eigenvalue weighted by Gasteiger charge is 2.03. The zero-order chi connectivity index (χ0) is 11.5. The average Bonchev–Trinajstić information content (AvgIpc) is 2.32. The lowest BCUT2D eigenvalue weighted by atomic mass is 10.0. The van der Waals surface area contributed by atoms with Gasteiger partial charge < -0.3 is 0 Å². The van der Waals surface area contributed by atoms with Gasteiger partial charge in [-0.05, 0) is 24.6 Å². The molecule has 0 heterocycles. The van der Waals surface area contributed by atoms with E-state index in [1.165, 1.54) is 5.56 Å². The maximum atomic E-state index is 10.5. The Bertz CT molecular complexity index is 515. The lowest BCUT2D eigenvalue weighted by Gasteiger charge is -2.05. The molecule has 0 aliphatic carbocycles. The fourth-order valence-electron chi connectivity index (χ4n) is 1.60. The second kappa shape index (κ2) is 4.50. The van der Waals surface area contributed by atoms with Crippen LogP contribution in [0.4, 0.5) is 0 Å². The van der Waals surface area contributed by atoms with Gasteiger partial charge in [0.1, 0.15) is 6.29 Å². The molecule has 0 N–H and O–H groups in total. The van der Waals surface area contributed by atoms with Crippen molar-refractivity contribution < 1.29 is 4.79 Å². The lowest BCUT2D eigenvalue weighted by molar-refractivity contribution is 0.112. The molecule has 0 aliphatic rings. The summed E-state index contributed by atoms with van der Waals surface area (Å²) in [7, 11) is 0. The molecule has 0 spiro atoms. The number of aldehydes is 1. The summed E-state index contributed by atoms with van der Waals surface area (Å²) in [5.41, 5.74) is 3.87. The van der Waals surface area contributed by atoms with Gasteiger partial charge >= 0.3 is 0 Å². The molecule has 0 amide bonds. The molecule has 80 valence electrons. The van der Waals surface area contributed by atoms with E-state index in [1.807, 2.05) is 37.3 Å². The molecule has 2 rings (SSSR count). The maximum absolute atomic E-state index is 10.5. The molecule has 2 heteroatoms. The van der Waals surface area contributed by atoms with Gasteiger partial charge in [0.15, 0.2) is 0 Å². The fourth-order valence-corrected chi connectivity index (χ4v) is 1.83. The van der Waals surface area contributed by atoms with Crippen molar-refractivity contribution in [1.29, 1.82) is 0 Å². The molecule has 0 saturated heterocycles. The van der Waals surface area contributed by atoms with Crippen molar-refractivity contribution in [3.05, 3.63) is 58.6 Å². The van der Waals surface area contributed by atoms with E-state index in [0.717, 1.165) is 22.4 Å². The van der Waals surface area contributed by atoms with Crippen LogP contribution in [0.3, 0.4) is 0 Å². The molecular formula is C14H11ClO.